The monoisotopic (exact) mass is 1180 g/mol. The Bertz CT molecular complexity index is 3580. The Kier molecular flexibility index (Phi) is 21.7. The minimum absolute atomic E-state index is 0.0483. The maximum Gasteiger partial charge on any atom is 0.0462 e. The predicted octanol–water partition coefficient (Wildman–Crippen LogP) is 26.8. The molecule has 0 N–H and O–H groups in total. The first-order chi connectivity index (χ1) is 43.3. The van der Waals surface area contributed by atoms with Crippen LogP contribution in [0.5, 0.6) is 0 Å². The van der Waals surface area contributed by atoms with Gasteiger partial charge in [0.1, 0.15) is 0 Å². The lowest BCUT2D eigenvalue weighted by Crippen LogP contribution is -2.25. The van der Waals surface area contributed by atoms with Crippen LogP contribution in [0.4, 0.5) is 34.1 Å². The molecule has 1 saturated carbocycles. The van der Waals surface area contributed by atoms with Crippen LogP contribution in [-0.4, -0.2) is 0 Å². The number of nitrogens with zero attached hydrogens (tertiary/aromatic N) is 2. The fourth-order valence-corrected chi connectivity index (χ4v) is 15.9. The quantitative estimate of drug-likeness (QED) is 0.0414. The van der Waals surface area contributed by atoms with Gasteiger partial charge < -0.3 is 9.80 Å². The van der Waals surface area contributed by atoms with Crippen LogP contribution in [0, 0.1) is 13.8 Å². The molecule has 0 radical (unpaired) electrons. The van der Waals surface area contributed by atoms with Crippen molar-refractivity contribution >= 4 is 45.5 Å². The summed E-state index contributed by atoms with van der Waals surface area (Å²) in [5, 5.41) is 0. The number of unbranched alkanes of at least 4 members (excludes halogenated alkanes) is 12. The molecule has 2 nitrogen and oxygen atoms in total. The van der Waals surface area contributed by atoms with Gasteiger partial charge in [0.15, 0.2) is 0 Å². The standard InChI is InChI=1S/C85H100N2S/c1-7-11-15-17-19-24-58-85(59-25-20-18-16-12-8-2)82-60-63(5)30-56-79(82)80-57-43-72(61-83(80)85)69-39-52-77(53-40-69)86(73-44-31-65(32-45-73)26-13-9-3)75-48-35-67(36-49-75)68-37-50-76(51-38-68)87(74-46-33-66(34-47-74)27-14-10-4)78-54-41-71(42-55-78)84-62-81(64(6)88-84)70-28-22-21-23-29-70/h30-57,60-62,70H,7-29,58-59H2,1-6H3. The minimum Gasteiger partial charge on any atom is -0.311 e. The molecular formula is C85H100N2S. The summed E-state index contributed by atoms with van der Waals surface area (Å²) in [5.41, 5.74) is 25.2. The maximum absolute atomic E-state index is 2.62. The van der Waals surface area contributed by atoms with Crippen LogP contribution in [-0.2, 0) is 18.3 Å². The molecule has 0 spiro atoms. The summed E-state index contributed by atoms with van der Waals surface area (Å²) in [4.78, 5) is 7.75. The van der Waals surface area contributed by atoms with E-state index in [0.717, 1.165) is 35.8 Å². The van der Waals surface area contributed by atoms with E-state index in [9.17, 15) is 0 Å². The molecule has 0 amide bonds. The van der Waals surface area contributed by atoms with Crippen LogP contribution in [0.25, 0.3) is 43.8 Å². The van der Waals surface area contributed by atoms with E-state index in [1.807, 2.05) is 11.3 Å². The molecule has 1 heterocycles. The van der Waals surface area contributed by atoms with Crippen molar-refractivity contribution in [2.75, 3.05) is 9.80 Å². The number of hydrogen-bond acceptors (Lipinski definition) is 3. The lowest BCUT2D eigenvalue weighted by atomic mass is 9.70. The van der Waals surface area contributed by atoms with Crippen molar-refractivity contribution in [2.45, 2.75) is 213 Å². The average Bonchev–Trinajstić information content (AvgIpc) is 1.86. The van der Waals surface area contributed by atoms with Crippen molar-refractivity contribution in [2.24, 2.45) is 0 Å². The third-order valence-electron chi connectivity index (χ3n) is 19.9. The summed E-state index contributed by atoms with van der Waals surface area (Å²) in [6.45, 7) is 13.9. The Balaban J connectivity index is 0.872. The molecule has 0 saturated heterocycles. The summed E-state index contributed by atoms with van der Waals surface area (Å²) in [5.74, 6) is 0.721. The second-order valence-corrected chi connectivity index (χ2v) is 27.5. The summed E-state index contributed by atoms with van der Waals surface area (Å²) < 4.78 is 0. The molecule has 0 bridgehead atoms. The van der Waals surface area contributed by atoms with Gasteiger partial charge in [-0.15, -0.1) is 11.3 Å². The number of hydrogen-bond donors (Lipinski definition) is 0. The molecule has 456 valence electrons. The first-order valence-electron chi connectivity index (χ1n) is 34.8. The molecule has 2 aliphatic rings. The van der Waals surface area contributed by atoms with E-state index in [0.29, 0.717) is 0 Å². The van der Waals surface area contributed by atoms with Crippen LogP contribution >= 0.6 is 11.3 Å². The van der Waals surface area contributed by atoms with Crippen molar-refractivity contribution in [1.29, 1.82) is 0 Å². The second-order valence-electron chi connectivity index (χ2n) is 26.3. The number of benzene rings is 8. The molecule has 1 fully saturated rings. The Labute approximate surface area is 535 Å². The highest BCUT2D eigenvalue weighted by Crippen LogP contribution is 2.56. The molecule has 88 heavy (non-hydrogen) atoms. The van der Waals surface area contributed by atoms with Gasteiger partial charge in [-0.25, -0.2) is 0 Å². The average molecular weight is 1180 g/mol. The van der Waals surface area contributed by atoms with Crippen LogP contribution in [0.3, 0.4) is 0 Å². The summed E-state index contributed by atoms with van der Waals surface area (Å²) >= 11 is 1.97. The molecule has 0 atom stereocenters. The van der Waals surface area contributed by atoms with E-state index in [2.05, 4.69) is 239 Å². The molecular weight excluding hydrogens is 1080 g/mol. The smallest absolute Gasteiger partial charge is 0.0462 e. The van der Waals surface area contributed by atoms with E-state index in [-0.39, 0.29) is 5.41 Å². The van der Waals surface area contributed by atoms with Gasteiger partial charge >= 0.3 is 0 Å². The fourth-order valence-electron chi connectivity index (χ4n) is 14.8. The van der Waals surface area contributed by atoms with Gasteiger partial charge in [0.2, 0.25) is 0 Å². The van der Waals surface area contributed by atoms with Crippen molar-refractivity contribution in [3.8, 4) is 43.8 Å². The van der Waals surface area contributed by atoms with Gasteiger partial charge in [0.05, 0.1) is 0 Å². The van der Waals surface area contributed by atoms with Crippen molar-refractivity contribution < 1.29 is 0 Å². The Morgan fingerprint density at radius 1 is 0.364 bits per heavy atom. The number of thiophene rings is 1. The van der Waals surface area contributed by atoms with Crippen molar-refractivity contribution in [1.82, 2.24) is 0 Å². The maximum atomic E-state index is 2.62. The fraction of sp³-hybridized carbons (Fsp3) is 0.388. The molecule has 2 aliphatic carbocycles. The molecule has 1 aromatic heterocycles. The Morgan fingerprint density at radius 3 is 1.19 bits per heavy atom. The number of rotatable bonds is 30. The van der Waals surface area contributed by atoms with E-state index < -0.39 is 0 Å². The minimum atomic E-state index is 0.0483. The van der Waals surface area contributed by atoms with Crippen molar-refractivity contribution in [3.63, 3.8) is 0 Å². The third kappa shape index (κ3) is 14.7. The van der Waals surface area contributed by atoms with E-state index in [1.165, 1.54) is 230 Å². The third-order valence-corrected chi connectivity index (χ3v) is 21.0. The molecule has 8 aromatic carbocycles. The first kappa shape index (κ1) is 62.7. The summed E-state index contributed by atoms with van der Waals surface area (Å²) in [6.07, 6.45) is 32.2. The number of fused-ring (bicyclic) bond motifs is 3. The van der Waals surface area contributed by atoms with Gasteiger partial charge in [-0.2, -0.15) is 0 Å². The molecule has 3 heteroatoms. The van der Waals surface area contributed by atoms with E-state index in [4.69, 9.17) is 0 Å². The Hall–Kier alpha value is -6.94. The molecule has 0 aliphatic heterocycles. The normalized spacial score (nSPS) is 13.6. The zero-order valence-corrected chi connectivity index (χ0v) is 55.3. The van der Waals surface area contributed by atoms with Gasteiger partial charge in [-0.3, -0.25) is 0 Å². The Morgan fingerprint density at radius 2 is 0.739 bits per heavy atom. The van der Waals surface area contributed by atoms with Crippen molar-refractivity contribution in [3.05, 3.63) is 226 Å². The lowest BCUT2D eigenvalue weighted by molar-refractivity contribution is 0.398. The van der Waals surface area contributed by atoms with Crippen LogP contribution in [0.1, 0.15) is 220 Å². The summed E-state index contributed by atoms with van der Waals surface area (Å²) in [6, 6.07) is 73.2. The zero-order valence-electron chi connectivity index (χ0n) is 54.5. The van der Waals surface area contributed by atoms with E-state index >= 15 is 0 Å². The lowest BCUT2D eigenvalue weighted by Gasteiger charge is -2.33. The number of aryl methyl sites for hydroxylation is 4. The highest BCUT2D eigenvalue weighted by Gasteiger charge is 2.42. The first-order valence-corrected chi connectivity index (χ1v) is 35.6. The van der Waals surface area contributed by atoms with Gasteiger partial charge in [0.25, 0.3) is 0 Å². The van der Waals surface area contributed by atoms with Crippen LogP contribution in [0.2, 0.25) is 0 Å². The molecule has 9 aromatic rings. The van der Waals surface area contributed by atoms with Crippen LogP contribution in [0.15, 0.2) is 188 Å². The van der Waals surface area contributed by atoms with E-state index in [1.54, 1.807) is 16.7 Å². The van der Waals surface area contributed by atoms with Gasteiger partial charge in [-0.05, 0) is 223 Å². The highest BCUT2D eigenvalue weighted by molar-refractivity contribution is 7.15. The highest BCUT2D eigenvalue weighted by atomic mass is 32.1. The largest absolute Gasteiger partial charge is 0.311 e. The molecule has 11 rings (SSSR count). The second kappa shape index (κ2) is 30.5. The SMILES string of the molecule is CCCCCCCCC1(CCCCCCCC)c2cc(C)ccc2-c2ccc(-c3ccc(N(c4ccc(CCCC)cc4)c4ccc(-c5ccc(N(c6ccc(CCCC)cc6)c6ccc(-c7cc(C8CCCCC8)c(C)s7)cc6)cc5)cc4)cc3)cc21. The summed E-state index contributed by atoms with van der Waals surface area (Å²) in [7, 11) is 0. The number of anilines is 6. The van der Waals surface area contributed by atoms with Crippen LogP contribution < -0.4 is 9.80 Å². The zero-order chi connectivity index (χ0) is 60.7. The van der Waals surface area contributed by atoms with Gasteiger partial charge in [-0.1, -0.05) is 246 Å². The topological polar surface area (TPSA) is 6.48 Å². The molecule has 0 unspecified atom stereocenters. The predicted molar refractivity (Wildman–Crippen MR) is 385 cm³/mol. The van der Waals surface area contributed by atoms with Gasteiger partial charge in [0, 0.05) is 49.3 Å².